The normalized spacial score (nSPS) is 25.4. The van der Waals surface area contributed by atoms with Gasteiger partial charge in [-0.15, -0.1) is 0 Å². The molecule has 2 atom stereocenters. The Kier molecular flexibility index (Phi) is 6.41. The number of hydrogen-bond acceptors (Lipinski definition) is 4. The number of hydrogen-bond donors (Lipinski definition) is 2. The summed E-state index contributed by atoms with van der Waals surface area (Å²) in [6.45, 7) is 12.3. The van der Waals surface area contributed by atoms with Gasteiger partial charge in [0.25, 0.3) is 0 Å². The molecule has 2 unspecified atom stereocenters. The second-order valence-corrected chi connectivity index (χ2v) is 5.80. The quantitative estimate of drug-likeness (QED) is 0.700. The maximum absolute atomic E-state index is 9.95. The number of nitrogens with zero attached hydrogens (tertiary/aromatic N) is 2. The summed E-state index contributed by atoms with van der Waals surface area (Å²) >= 11 is 0. The second kappa shape index (κ2) is 7.31. The van der Waals surface area contributed by atoms with Gasteiger partial charge < -0.3 is 15.3 Å². The van der Waals surface area contributed by atoms with Gasteiger partial charge in [-0.1, -0.05) is 13.8 Å². The Balaban J connectivity index is 2.15. The molecular formula is C13H29N3O. The molecule has 0 spiro atoms. The first kappa shape index (κ1) is 14.9. The summed E-state index contributed by atoms with van der Waals surface area (Å²) in [5, 5.41) is 13.3. The average Bonchev–Trinajstić information content (AvgIpc) is 2.23. The van der Waals surface area contributed by atoms with Gasteiger partial charge in [-0.05, 0) is 26.4 Å². The zero-order valence-corrected chi connectivity index (χ0v) is 11.8. The molecule has 1 aliphatic heterocycles. The predicted octanol–water partition coefficient (Wildman–Crippen LogP) is 0.229. The van der Waals surface area contributed by atoms with Crippen LogP contribution in [0.4, 0.5) is 0 Å². The lowest BCUT2D eigenvalue weighted by molar-refractivity contribution is 0.0569. The van der Waals surface area contributed by atoms with Crippen LogP contribution in [-0.2, 0) is 0 Å². The first-order valence-corrected chi connectivity index (χ1v) is 6.80. The first-order chi connectivity index (χ1) is 7.99. The highest BCUT2D eigenvalue weighted by atomic mass is 16.3. The fraction of sp³-hybridized carbons (Fsp3) is 1.00. The lowest BCUT2D eigenvalue weighted by Gasteiger charge is -2.38. The van der Waals surface area contributed by atoms with E-state index < -0.39 is 0 Å². The van der Waals surface area contributed by atoms with Crippen molar-refractivity contribution in [1.82, 2.24) is 15.1 Å². The number of aliphatic hydroxyl groups excluding tert-OH is 1. The van der Waals surface area contributed by atoms with Crippen molar-refractivity contribution in [2.24, 2.45) is 5.92 Å². The molecule has 1 aliphatic rings. The van der Waals surface area contributed by atoms with E-state index in [0.29, 0.717) is 18.5 Å². The van der Waals surface area contributed by atoms with Gasteiger partial charge in [0.05, 0.1) is 6.10 Å². The molecule has 1 rings (SSSR count). The van der Waals surface area contributed by atoms with Crippen molar-refractivity contribution in [3.05, 3.63) is 0 Å². The van der Waals surface area contributed by atoms with E-state index >= 15 is 0 Å². The third kappa shape index (κ3) is 5.82. The van der Waals surface area contributed by atoms with Crippen molar-refractivity contribution in [2.75, 3.05) is 46.3 Å². The zero-order chi connectivity index (χ0) is 12.8. The molecule has 0 bridgehead atoms. The van der Waals surface area contributed by atoms with Crippen molar-refractivity contribution in [1.29, 1.82) is 0 Å². The minimum absolute atomic E-state index is 0.246. The monoisotopic (exact) mass is 243 g/mol. The summed E-state index contributed by atoms with van der Waals surface area (Å²) in [7, 11) is 2.17. The molecule has 17 heavy (non-hydrogen) atoms. The molecule has 4 heteroatoms. The summed E-state index contributed by atoms with van der Waals surface area (Å²) in [5.41, 5.74) is 0. The van der Waals surface area contributed by atoms with Crippen molar-refractivity contribution >= 4 is 0 Å². The second-order valence-electron chi connectivity index (χ2n) is 5.80. The van der Waals surface area contributed by atoms with Gasteiger partial charge in [-0.3, -0.25) is 4.90 Å². The van der Waals surface area contributed by atoms with Crippen LogP contribution in [0.25, 0.3) is 0 Å². The Labute approximate surface area is 106 Å². The molecule has 0 aliphatic carbocycles. The van der Waals surface area contributed by atoms with Crippen LogP contribution >= 0.6 is 0 Å². The molecule has 0 aromatic rings. The zero-order valence-electron chi connectivity index (χ0n) is 11.8. The van der Waals surface area contributed by atoms with Crippen molar-refractivity contribution in [2.45, 2.75) is 32.9 Å². The molecular weight excluding hydrogens is 214 g/mol. The topological polar surface area (TPSA) is 38.7 Å². The van der Waals surface area contributed by atoms with Crippen LogP contribution in [0.2, 0.25) is 0 Å². The number of nitrogens with one attached hydrogen (secondary N) is 1. The highest BCUT2D eigenvalue weighted by Gasteiger charge is 2.21. The molecule has 0 aromatic carbocycles. The smallest absolute Gasteiger partial charge is 0.0791 e. The lowest BCUT2D eigenvalue weighted by atomic mass is 10.2. The van der Waals surface area contributed by atoms with Crippen LogP contribution in [0, 0.1) is 5.92 Å². The van der Waals surface area contributed by atoms with Crippen molar-refractivity contribution in [3.63, 3.8) is 0 Å². The van der Waals surface area contributed by atoms with E-state index in [0.717, 1.165) is 32.7 Å². The van der Waals surface area contributed by atoms with Crippen LogP contribution in [0.3, 0.4) is 0 Å². The number of likely N-dealkylation sites (N-methyl/N-ethyl adjacent to an activating group) is 1. The molecule has 2 N–H and O–H groups in total. The highest BCUT2D eigenvalue weighted by Crippen LogP contribution is 2.07. The van der Waals surface area contributed by atoms with Gasteiger partial charge in [0.15, 0.2) is 0 Å². The number of piperazine rings is 1. The van der Waals surface area contributed by atoms with Crippen molar-refractivity contribution < 1.29 is 5.11 Å². The fourth-order valence-corrected chi connectivity index (χ4v) is 2.19. The van der Waals surface area contributed by atoms with E-state index in [1.54, 1.807) is 0 Å². The highest BCUT2D eigenvalue weighted by molar-refractivity contribution is 4.78. The van der Waals surface area contributed by atoms with Gasteiger partial charge in [-0.2, -0.15) is 0 Å². The fourth-order valence-electron chi connectivity index (χ4n) is 2.19. The Morgan fingerprint density at radius 2 is 2.00 bits per heavy atom. The average molecular weight is 243 g/mol. The molecule has 1 fully saturated rings. The van der Waals surface area contributed by atoms with Crippen molar-refractivity contribution in [3.8, 4) is 0 Å². The molecule has 0 aromatic heterocycles. The lowest BCUT2D eigenvalue weighted by Crippen LogP contribution is -2.52. The van der Waals surface area contributed by atoms with Crippen LogP contribution < -0.4 is 5.32 Å². The van der Waals surface area contributed by atoms with E-state index in [1.165, 1.54) is 0 Å². The van der Waals surface area contributed by atoms with Crippen LogP contribution in [0.1, 0.15) is 20.8 Å². The maximum Gasteiger partial charge on any atom is 0.0791 e. The van der Waals surface area contributed by atoms with Gasteiger partial charge in [0, 0.05) is 38.8 Å². The largest absolute Gasteiger partial charge is 0.390 e. The maximum atomic E-state index is 9.95. The minimum Gasteiger partial charge on any atom is -0.390 e. The standard InChI is InChI=1S/C13H29N3O/c1-11(2)7-14-8-13(17)10-16-6-5-15(4)12(3)9-16/h11-14,17H,5-10H2,1-4H3. The molecule has 1 saturated heterocycles. The molecule has 0 radical (unpaired) electrons. The van der Waals surface area contributed by atoms with Gasteiger partial charge in [-0.25, -0.2) is 0 Å². The SMILES string of the molecule is CC(C)CNCC(O)CN1CCN(C)C(C)C1. The number of rotatable bonds is 6. The molecule has 1 heterocycles. The number of β-amino-alcohol motifs (C(OH)–C–C–N with tert-alkyl or cyclic N) is 1. The van der Waals surface area contributed by atoms with Crippen LogP contribution in [0.15, 0.2) is 0 Å². The Morgan fingerprint density at radius 3 is 2.59 bits per heavy atom. The van der Waals surface area contributed by atoms with Crippen LogP contribution in [0.5, 0.6) is 0 Å². The van der Waals surface area contributed by atoms with Gasteiger partial charge in [0.1, 0.15) is 0 Å². The van der Waals surface area contributed by atoms with Gasteiger partial charge >= 0.3 is 0 Å². The van der Waals surface area contributed by atoms with E-state index in [-0.39, 0.29) is 6.10 Å². The summed E-state index contributed by atoms with van der Waals surface area (Å²) in [4.78, 5) is 4.74. The third-order valence-electron chi connectivity index (χ3n) is 3.45. The number of aliphatic hydroxyl groups is 1. The summed E-state index contributed by atoms with van der Waals surface area (Å²) in [6, 6.07) is 0.597. The minimum atomic E-state index is -0.246. The molecule has 102 valence electrons. The molecule has 0 amide bonds. The first-order valence-electron chi connectivity index (χ1n) is 6.80. The Hall–Kier alpha value is -0.160. The Morgan fingerprint density at radius 1 is 1.29 bits per heavy atom. The molecule has 4 nitrogen and oxygen atoms in total. The van der Waals surface area contributed by atoms with Gasteiger partial charge in [0.2, 0.25) is 0 Å². The summed E-state index contributed by atoms with van der Waals surface area (Å²) < 4.78 is 0. The third-order valence-corrected chi connectivity index (χ3v) is 3.45. The summed E-state index contributed by atoms with van der Waals surface area (Å²) in [5.74, 6) is 0.644. The van der Waals surface area contributed by atoms with E-state index in [1.807, 2.05) is 0 Å². The summed E-state index contributed by atoms with van der Waals surface area (Å²) in [6.07, 6.45) is -0.246. The van der Waals surface area contributed by atoms with Crippen LogP contribution in [-0.4, -0.2) is 73.4 Å². The van der Waals surface area contributed by atoms with E-state index in [4.69, 9.17) is 0 Å². The Bertz CT molecular complexity index is 211. The van der Waals surface area contributed by atoms with E-state index in [2.05, 4.69) is 42.9 Å². The van der Waals surface area contributed by atoms with E-state index in [9.17, 15) is 5.11 Å². The molecule has 0 saturated carbocycles. The predicted molar refractivity (Wildman–Crippen MR) is 72.2 cm³/mol.